The lowest BCUT2D eigenvalue weighted by Crippen LogP contribution is -2.24. The molecule has 118 valence electrons. The summed E-state index contributed by atoms with van der Waals surface area (Å²) in [5, 5.41) is 3.67. The molecule has 0 saturated carbocycles. The van der Waals surface area contributed by atoms with Gasteiger partial charge in [-0.3, -0.25) is 0 Å². The zero-order valence-corrected chi connectivity index (χ0v) is 13.4. The van der Waals surface area contributed by atoms with Crippen LogP contribution in [-0.2, 0) is 6.42 Å². The minimum absolute atomic E-state index is 0.372. The zero-order chi connectivity index (χ0) is 15.8. The summed E-state index contributed by atoms with van der Waals surface area (Å²) >= 11 is 0. The van der Waals surface area contributed by atoms with Crippen molar-refractivity contribution < 1.29 is 0 Å². The number of nitrogens with one attached hydrogen (secondary N) is 1. The smallest absolute Gasteiger partial charge is 0.0321 e. The lowest BCUT2D eigenvalue weighted by molar-refractivity contribution is 0.484. The quantitative estimate of drug-likeness (QED) is 0.647. The van der Waals surface area contributed by atoms with Gasteiger partial charge in [0.1, 0.15) is 0 Å². The summed E-state index contributed by atoms with van der Waals surface area (Å²) in [5.41, 5.74) is 15.9. The fourth-order valence-corrected chi connectivity index (χ4v) is 2.65. The van der Waals surface area contributed by atoms with E-state index in [0.29, 0.717) is 6.04 Å². The molecule has 0 heterocycles. The maximum atomic E-state index is 5.92. The molecule has 2 aromatic carbocycles. The second kappa shape index (κ2) is 8.44. The van der Waals surface area contributed by atoms with E-state index in [0.717, 1.165) is 30.8 Å². The lowest BCUT2D eigenvalue weighted by atomic mass is 10.00. The number of anilines is 2. The Hall–Kier alpha value is -2.00. The van der Waals surface area contributed by atoms with Gasteiger partial charge >= 0.3 is 0 Å². The minimum atomic E-state index is 0.372. The maximum absolute atomic E-state index is 5.92. The van der Waals surface area contributed by atoms with Gasteiger partial charge in [0.2, 0.25) is 0 Å². The van der Waals surface area contributed by atoms with E-state index in [4.69, 9.17) is 11.5 Å². The van der Waals surface area contributed by atoms with Gasteiger partial charge in [0.05, 0.1) is 0 Å². The Morgan fingerprint density at radius 3 is 2.45 bits per heavy atom. The van der Waals surface area contributed by atoms with Gasteiger partial charge in [0.25, 0.3) is 0 Å². The van der Waals surface area contributed by atoms with Crippen LogP contribution in [0.5, 0.6) is 0 Å². The molecule has 0 aromatic heterocycles. The van der Waals surface area contributed by atoms with Gasteiger partial charge in [-0.05, 0) is 54.8 Å². The van der Waals surface area contributed by atoms with Crippen LogP contribution in [0.2, 0.25) is 0 Å². The molecule has 0 fully saturated rings. The highest BCUT2D eigenvalue weighted by Crippen LogP contribution is 2.21. The van der Waals surface area contributed by atoms with Crippen molar-refractivity contribution in [3.05, 3.63) is 59.7 Å². The molecule has 0 radical (unpaired) electrons. The van der Waals surface area contributed by atoms with Crippen LogP contribution in [0.1, 0.15) is 43.4 Å². The Morgan fingerprint density at radius 1 is 1.00 bits per heavy atom. The highest BCUT2D eigenvalue weighted by molar-refractivity contribution is 5.42. The first-order valence-electron chi connectivity index (χ1n) is 8.12. The van der Waals surface area contributed by atoms with Crippen LogP contribution in [0, 0.1) is 0 Å². The molecular weight excluding hydrogens is 270 g/mol. The van der Waals surface area contributed by atoms with Crippen LogP contribution in [0.4, 0.5) is 11.4 Å². The van der Waals surface area contributed by atoms with Gasteiger partial charge in [0.15, 0.2) is 0 Å². The van der Waals surface area contributed by atoms with E-state index in [1.165, 1.54) is 24.0 Å². The Bertz CT molecular complexity index is 563. The number of rotatable bonds is 8. The summed E-state index contributed by atoms with van der Waals surface area (Å²) in [6, 6.07) is 16.7. The van der Waals surface area contributed by atoms with Gasteiger partial charge in [-0.2, -0.15) is 0 Å². The van der Waals surface area contributed by atoms with Crippen LogP contribution in [0.25, 0.3) is 0 Å². The van der Waals surface area contributed by atoms with Crippen molar-refractivity contribution in [3.63, 3.8) is 0 Å². The Labute approximate surface area is 133 Å². The highest BCUT2D eigenvalue weighted by atomic mass is 14.9. The van der Waals surface area contributed by atoms with E-state index >= 15 is 0 Å². The molecule has 1 unspecified atom stereocenters. The number of nitrogen functional groups attached to an aromatic ring is 2. The van der Waals surface area contributed by atoms with Gasteiger partial charge in [-0.25, -0.2) is 0 Å². The molecule has 0 saturated heterocycles. The van der Waals surface area contributed by atoms with Crippen molar-refractivity contribution in [2.75, 3.05) is 18.0 Å². The van der Waals surface area contributed by atoms with Crippen molar-refractivity contribution in [1.29, 1.82) is 0 Å². The number of nitrogens with two attached hydrogens (primary N) is 2. The van der Waals surface area contributed by atoms with Gasteiger partial charge in [-0.1, -0.05) is 44.0 Å². The Morgan fingerprint density at radius 2 is 1.77 bits per heavy atom. The van der Waals surface area contributed by atoms with Crippen LogP contribution in [-0.4, -0.2) is 6.54 Å². The van der Waals surface area contributed by atoms with E-state index < -0.39 is 0 Å². The van der Waals surface area contributed by atoms with Gasteiger partial charge < -0.3 is 16.8 Å². The molecule has 5 N–H and O–H groups in total. The predicted molar refractivity (Wildman–Crippen MR) is 95.7 cm³/mol. The first-order valence-corrected chi connectivity index (χ1v) is 8.12. The second-order valence-corrected chi connectivity index (χ2v) is 5.81. The van der Waals surface area contributed by atoms with Crippen LogP contribution < -0.4 is 16.8 Å². The van der Waals surface area contributed by atoms with E-state index in [1.54, 1.807) is 0 Å². The standard InChI is InChI=1S/C19H27N3/c1-2-3-7-19(16-5-4-6-18(21)14-16)22-13-12-15-8-10-17(20)11-9-15/h4-6,8-11,14,19,22H,2-3,7,12-13,20-21H2,1H3. The molecular formula is C19H27N3. The predicted octanol–water partition coefficient (Wildman–Crippen LogP) is 3.91. The summed E-state index contributed by atoms with van der Waals surface area (Å²) in [7, 11) is 0. The molecule has 0 bridgehead atoms. The number of unbranched alkanes of at least 4 members (excludes halogenated alkanes) is 1. The molecule has 0 aliphatic rings. The fraction of sp³-hybridized carbons (Fsp3) is 0.368. The minimum Gasteiger partial charge on any atom is -0.399 e. The van der Waals surface area contributed by atoms with Crippen molar-refractivity contribution in [2.24, 2.45) is 0 Å². The number of benzene rings is 2. The SMILES string of the molecule is CCCCC(NCCc1ccc(N)cc1)c1cccc(N)c1. The van der Waals surface area contributed by atoms with Crippen molar-refractivity contribution >= 4 is 11.4 Å². The third kappa shape index (κ3) is 5.08. The average Bonchev–Trinajstić information content (AvgIpc) is 2.52. The van der Waals surface area contributed by atoms with E-state index in [-0.39, 0.29) is 0 Å². The summed E-state index contributed by atoms with van der Waals surface area (Å²) in [4.78, 5) is 0. The average molecular weight is 297 g/mol. The zero-order valence-electron chi connectivity index (χ0n) is 13.4. The van der Waals surface area contributed by atoms with Crippen molar-refractivity contribution in [1.82, 2.24) is 5.32 Å². The summed E-state index contributed by atoms with van der Waals surface area (Å²) in [6.45, 7) is 3.18. The second-order valence-electron chi connectivity index (χ2n) is 5.81. The first-order chi connectivity index (χ1) is 10.7. The molecule has 2 aromatic rings. The van der Waals surface area contributed by atoms with E-state index in [1.807, 2.05) is 24.3 Å². The fourth-order valence-electron chi connectivity index (χ4n) is 2.65. The molecule has 0 aliphatic heterocycles. The molecule has 3 nitrogen and oxygen atoms in total. The van der Waals surface area contributed by atoms with Crippen molar-refractivity contribution in [3.8, 4) is 0 Å². The van der Waals surface area contributed by atoms with Gasteiger partial charge in [0, 0.05) is 17.4 Å². The molecule has 0 aliphatic carbocycles. The van der Waals surface area contributed by atoms with Crippen molar-refractivity contribution in [2.45, 2.75) is 38.6 Å². The monoisotopic (exact) mass is 297 g/mol. The normalized spacial score (nSPS) is 12.2. The van der Waals surface area contributed by atoms with E-state index in [9.17, 15) is 0 Å². The lowest BCUT2D eigenvalue weighted by Gasteiger charge is -2.19. The Kier molecular flexibility index (Phi) is 6.28. The highest BCUT2D eigenvalue weighted by Gasteiger charge is 2.10. The summed E-state index contributed by atoms with van der Waals surface area (Å²) < 4.78 is 0. The van der Waals surface area contributed by atoms with Crippen LogP contribution >= 0.6 is 0 Å². The topological polar surface area (TPSA) is 64.1 Å². The molecule has 22 heavy (non-hydrogen) atoms. The third-order valence-corrected chi connectivity index (χ3v) is 3.94. The largest absolute Gasteiger partial charge is 0.399 e. The first kappa shape index (κ1) is 16.4. The molecule has 0 spiro atoms. The molecule has 0 amide bonds. The van der Waals surface area contributed by atoms with Crippen LogP contribution in [0.15, 0.2) is 48.5 Å². The van der Waals surface area contributed by atoms with Crippen LogP contribution in [0.3, 0.4) is 0 Å². The number of hydrogen-bond acceptors (Lipinski definition) is 3. The summed E-state index contributed by atoms with van der Waals surface area (Å²) in [6.07, 6.45) is 4.57. The molecule has 2 rings (SSSR count). The summed E-state index contributed by atoms with van der Waals surface area (Å²) in [5.74, 6) is 0. The van der Waals surface area contributed by atoms with E-state index in [2.05, 4.69) is 36.5 Å². The number of hydrogen-bond donors (Lipinski definition) is 3. The van der Waals surface area contributed by atoms with Gasteiger partial charge in [-0.15, -0.1) is 0 Å². The molecule has 3 heteroatoms. The molecule has 1 atom stereocenters. The Balaban J connectivity index is 1.93. The third-order valence-electron chi connectivity index (χ3n) is 3.94. The maximum Gasteiger partial charge on any atom is 0.0321 e.